The lowest BCUT2D eigenvalue weighted by molar-refractivity contribution is -0.137. The summed E-state index contributed by atoms with van der Waals surface area (Å²) in [5, 5.41) is 0. The van der Waals surface area contributed by atoms with Gasteiger partial charge >= 0.3 is 6.18 Å². The number of halogens is 3. The summed E-state index contributed by atoms with van der Waals surface area (Å²) in [7, 11) is 0. The Morgan fingerprint density at radius 2 is 1.73 bits per heavy atom. The Morgan fingerprint density at radius 3 is 2.43 bits per heavy atom. The monoisotopic (exact) mass is 412 g/mol. The molecule has 3 nitrogen and oxygen atoms in total. The van der Waals surface area contributed by atoms with E-state index in [0.29, 0.717) is 12.4 Å². The fourth-order valence-corrected chi connectivity index (χ4v) is 3.91. The number of ether oxygens (including phenoxy) is 1. The Balaban J connectivity index is 1.37. The topological polar surface area (TPSA) is 25.4 Å². The van der Waals surface area contributed by atoms with Crippen LogP contribution < -0.4 is 4.74 Å². The van der Waals surface area contributed by atoms with Crippen LogP contribution in [0.3, 0.4) is 0 Å². The van der Waals surface area contributed by atoms with Crippen molar-refractivity contribution in [3.8, 4) is 5.75 Å². The van der Waals surface area contributed by atoms with Crippen molar-refractivity contribution in [2.24, 2.45) is 0 Å². The minimum absolute atomic E-state index is 0.250. The number of rotatable bonds is 6. The molecule has 1 aliphatic rings. The van der Waals surface area contributed by atoms with Crippen LogP contribution in [0, 0.1) is 0 Å². The van der Waals surface area contributed by atoms with Gasteiger partial charge in [0.1, 0.15) is 5.75 Å². The van der Waals surface area contributed by atoms with Crippen LogP contribution in [-0.2, 0) is 19.1 Å². The van der Waals surface area contributed by atoms with Crippen LogP contribution in [0.15, 0.2) is 73.1 Å². The first-order valence-corrected chi connectivity index (χ1v) is 10.0. The summed E-state index contributed by atoms with van der Waals surface area (Å²) < 4.78 is 43.7. The summed E-state index contributed by atoms with van der Waals surface area (Å²) in [6.45, 7) is 2.13. The molecule has 1 aromatic heterocycles. The van der Waals surface area contributed by atoms with Crippen molar-refractivity contribution >= 4 is 0 Å². The van der Waals surface area contributed by atoms with E-state index in [9.17, 15) is 13.2 Å². The molecule has 4 rings (SSSR count). The maximum absolute atomic E-state index is 12.7. The van der Waals surface area contributed by atoms with Gasteiger partial charge in [-0.05, 0) is 59.9 Å². The Kier molecular flexibility index (Phi) is 6.04. The van der Waals surface area contributed by atoms with E-state index in [0.717, 1.165) is 38.1 Å². The molecule has 2 heterocycles. The first-order valence-electron chi connectivity index (χ1n) is 10.0. The minimum Gasteiger partial charge on any atom is -0.494 e. The molecule has 1 aliphatic heterocycles. The molecular weight excluding hydrogens is 389 g/mol. The molecule has 0 saturated heterocycles. The standard InChI is InChI=1S/C24H23F3N2O/c25-24(26,27)21-8-10-22(11-9-21)30-14-4-13-29-17-20-6-2-1-5-18(20)15-23(29)19-7-3-12-28-16-19/h1-3,5-12,16,23H,4,13-15,17H2/t23-/m0/s1. The Hall–Kier alpha value is -2.86. The zero-order valence-corrected chi connectivity index (χ0v) is 16.5. The van der Waals surface area contributed by atoms with Gasteiger partial charge in [-0.25, -0.2) is 0 Å². The van der Waals surface area contributed by atoms with Crippen molar-refractivity contribution in [2.45, 2.75) is 31.6 Å². The van der Waals surface area contributed by atoms with E-state index in [-0.39, 0.29) is 6.04 Å². The predicted octanol–water partition coefficient (Wildman–Crippen LogP) is 5.67. The van der Waals surface area contributed by atoms with Crippen LogP contribution in [-0.4, -0.2) is 23.0 Å². The van der Waals surface area contributed by atoms with E-state index < -0.39 is 11.7 Å². The number of pyridine rings is 1. The average molecular weight is 412 g/mol. The highest BCUT2D eigenvalue weighted by Gasteiger charge is 2.30. The lowest BCUT2D eigenvalue weighted by atomic mass is 9.90. The van der Waals surface area contributed by atoms with Crippen molar-refractivity contribution in [2.75, 3.05) is 13.2 Å². The first kappa shape index (κ1) is 20.4. The highest BCUT2D eigenvalue weighted by Crippen LogP contribution is 2.33. The lowest BCUT2D eigenvalue weighted by Gasteiger charge is -2.37. The summed E-state index contributed by atoms with van der Waals surface area (Å²) >= 11 is 0. The van der Waals surface area contributed by atoms with Gasteiger partial charge in [0, 0.05) is 31.5 Å². The Bertz CT molecular complexity index is 958. The highest BCUT2D eigenvalue weighted by molar-refractivity contribution is 5.33. The number of aromatic nitrogens is 1. The van der Waals surface area contributed by atoms with Crippen molar-refractivity contribution in [3.63, 3.8) is 0 Å². The molecule has 0 unspecified atom stereocenters. The van der Waals surface area contributed by atoms with Gasteiger partial charge in [0.25, 0.3) is 0 Å². The zero-order chi connectivity index (χ0) is 21.0. The van der Waals surface area contributed by atoms with Crippen LogP contribution in [0.5, 0.6) is 5.75 Å². The van der Waals surface area contributed by atoms with Gasteiger partial charge in [-0.2, -0.15) is 13.2 Å². The van der Waals surface area contributed by atoms with Crippen molar-refractivity contribution in [3.05, 3.63) is 95.3 Å². The van der Waals surface area contributed by atoms with E-state index in [2.05, 4.69) is 40.2 Å². The van der Waals surface area contributed by atoms with E-state index >= 15 is 0 Å². The van der Waals surface area contributed by atoms with E-state index in [1.807, 2.05) is 12.3 Å². The molecule has 6 heteroatoms. The van der Waals surface area contributed by atoms with Crippen LogP contribution >= 0.6 is 0 Å². The minimum atomic E-state index is -4.33. The molecule has 0 spiro atoms. The number of benzene rings is 2. The van der Waals surface area contributed by atoms with Gasteiger partial charge in [-0.1, -0.05) is 30.3 Å². The Morgan fingerprint density at radius 1 is 0.967 bits per heavy atom. The second kappa shape index (κ2) is 8.88. The maximum atomic E-state index is 12.7. The van der Waals surface area contributed by atoms with Crippen molar-refractivity contribution in [1.82, 2.24) is 9.88 Å². The molecule has 30 heavy (non-hydrogen) atoms. The van der Waals surface area contributed by atoms with Crippen molar-refractivity contribution < 1.29 is 17.9 Å². The fraction of sp³-hybridized carbons (Fsp3) is 0.292. The lowest BCUT2D eigenvalue weighted by Crippen LogP contribution is -2.35. The number of hydrogen-bond donors (Lipinski definition) is 0. The van der Waals surface area contributed by atoms with E-state index in [4.69, 9.17) is 4.74 Å². The molecule has 2 aromatic carbocycles. The SMILES string of the molecule is FC(F)(F)c1ccc(OCCCN2Cc3ccccc3C[C@H]2c2cccnc2)cc1. The average Bonchev–Trinajstić information content (AvgIpc) is 2.76. The first-order chi connectivity index (χ1) is 14.5. The fourth-order valence-electron chi connectivity index (χ4n) is 3.91. The second-order valence-electron chi connectivity index (χ2n) is 7.47. The van der Waals surface area contributed by atoms with Gasteiger partial charge in [0.2, 0.25) is 0 Å². The van der Waals surface area contributed by atoms with E-state index in [1.165, 1.54) is 28.8 Å². The molecule has 0 aliphatic carbocycles. The van der Waals surface area contributed by atoms with Crippen LogP contribution in [0.2, 0.25) is 0 Å². The normalized spacial score (nSPS) is 16.8. The summed E-state index contributed by atoms with van der Waals surface area (Å²) in [5.74, 6) is 0.454. The molecule has 0 saturated carbocycles. The molecule has 0 amide bonds. The van der Waals surface area contributed by atoms with Gasteiger partial charge < -0.3 is 4.74 Å². The molecule has 0 radical (unpaired) electrons. The summed E-state index contributed by atoms with van der Waals surface area (Å²) in [4.78, 5) is 6.71. The predicted molar refractivity (Wildman–Crippen MR) is 109 cm³/mol. The third kappa shape index (κ3) is 4.82. The van der Waals surface area contributed by atoms with Gasteiger partial charge in [-0.15, -0.1) is 0 Å². The maximum Gasteiger partial charge on any atom is 0.416 e. The molecule has 3 aromatic rings. The highest BCUT2D eigenvalue weighted by atomic mass is 19.4. The van der Waals surface area contributed by atoms with Crippen LogP contribution in [0.1, 0.15) is 34.7 Å². The summed E-state index contributed by atoms with van der Waals surface area (Å²) in [6, 6.07) is 17.7. The smallest absolute Gasteiger partial charge is 0.416 e. The molecular formula is C24H23F3N2O. The largest absolute Gasteiger partial charge is 0.494 e. The number of fused-ring (bicyclic) bond motifs is 1. The number of hydrogen-bond acceptors (Lipinski definition) is 3. The molecule has 0 fully saturated rings. The van der Waals surface area contributed by atoms with E-state index in [1.54, 1.807) is 6.20 Å². The number of nitrogens with zero attached hydrogens (tertiary/aromatic N) is 2. The summed E-state index contributed by atoms with van der Waals surface area (Å²) in [6.07, 6.45) is 1.08. The third-order valence-corrected chi connectivity index (χ3v) is 5.46. The molecule has 0 N–H and O–H groups in total. The van der Waals surface area contributed by atoms with Crippen LogP contribution in [0.4, 0.5) is 13.2 Å². The van der Waals surface area contributed by atoms with Crippen LogP contribution in [0.25, 0.3) is 0 Å². The molecule has 156 valence electrons. The molecule has 0 bridgehead atoms. The molecule has 1 atom stereocenters. The van der Waals surface area contributed by atoms with Gasteiger partial charge in [0.05, 0.1) is 12.2 Å². The zero-order valence-electron chi connectivity index (χ0n) is 16.5. The van der Waals surface area contributed by atoms with Crippen molar-refractivity contribution in [1.29, 1.82) is 0 Å². The Labute approximate surface area is 174 Å². The number of alkyl halides is 3. The third-order valence-electron chi connectivity index (χ3n) is 5.46. The van der Waals surface area contributed by atoms with Gasteiger partial charge in [-0.3, -0.25) is 9.88 Å². The quantitative estimate of drug-likeness (QED) is 0.488. The van der Waals surface area contributed by atoms with Gasteiger partial charge in [0.15, 0.2) is 0 Å². The summed E-state index contributed by atoms with van der Waals surface area (Å²) in [5.41, 5.74) is 3.22. The second-order valence-corrected chi connectivity index (χ2v) is 7.47.